The van der Waals surface area contributed by atoms with Crippen molar-refractivity contribution in [2.24, 2.45) is 0 Å². The summed E-state index contributed by atoms with van der Waals surface area (Å²) in [5.41, 5.74) is 2.89. The van der Waals surface area contributed by atoms with Gasteiger partial charge in [0, 0.05) is 11.6 Å². The summed E-state index contributed by atoms with van der Waals surface area (Å²) in [6.45, 7) is 2.12. The number of hydrogen-bond donors (Lipinski definition) is 2. The number of aromatic amines is 1. The highest BCUT2D eigenvalue weighted by Crippen LogP contribution is 2.20. The molecule has 1 aromatic carbocycles. The molecule has 6 nitrogen and oxygen atoms in total. The van der Waals surface area contributed by atoms with E-state index < -0.39 is 0 Å². The van der Waals surface area contributed by atoms with Crippen LogP contribution in [0.4, 0.5) is 0 Å². The normalized spacial score (nSPS) is 10.5. The lowest BCUT2D eigenvalue weighted by Crippen LogP contribution is -2.22. The van der Waals surface area contributed by atoms with Gasteiger partial charge in [-0.25, -0.2) is 0 Å². The van der Waals surface area contributed by atoms with Crippen molar-refractivity contribution in [2.75, 3.05) is 0 Å². The molecule has 0 unspecified atom stereocenters. The molecule has 0 radical (unpaired) electrons. The average molecular weight is 282 g/mol. The van der Waals surface area contributed by atoms with Gasteiger partial charge in [0.05, 0.1) is 29.7 Å². The van der Waals surface area contributed by atoms with E-state index in [2.05, 4.69) is 20.7 Å². The third kappa shape index (κ3) is 2.84. The summed E-state index contributed by atoms with van der Waals surface area (Å²) in [4.78, 5) is 12.2. The SMILES string of the molecule is Cc1cc(CNC(=O)c2cn[nH]c2-c2ccccc2)on1. The zero-order valence-corrected chi connectivity index (χ0v) is 11.5. The van der Waals surface area contributed by atoms with Gasteiger partial charge in [-0.2, -0.15) is 5.10 Å². The summed E-state index contributed by atoms with van der Waals surface area (Å²) in [6.07, 6.45) is 1.52. The van der Waals surface area contributed by atoms with Crippen molar-refractivity contribution in [3.8, 4) is 11.3 Å². The van der Waals surface area contributed by atoms with E-state index in [1.165, 1.54) is 6.20 Å². The van der Waals surface area contributed by atoms with Crippen LogP contribution < -0.4 is 5.32 Å². The minimum atomic E-state index is -0.211. The number of nitrogens with one attached hydrogen (secondary N) is 2. The Morgan fingerprint density at radius 3 is 2.86 bits per heavy atom. The zero-order chi connectivity index (χ0) is 14.7. The van der Waals surface area contributed by atoms with Crippen LogP contribution in [0.15, 0.2) is 47.1 Å². The summed E-state index contributed by atoms with van der Waals surface area (Å²) in [7, 11) is 0. The van der Waals surface area contributed by atoms with Gasteiger partial charge in [0.2, 0.25) is 0 Å². The fraction of sp³-hybridized carbons (Fsp3) is 0.133. The lowest BCUT2D eigenvalue weighted by Gasteiger charge is -2.04. The molecule has 106 valence electrons. The molecule has 0 aliphatic rings. The Morgan fingerprint density at radius 2 is 2.14 bits per heavy atom. The lowest BCUT2D eigenvalue weighted by atomic mass is 10.1. The highest BCUT2D eigenvalue weighted by molar-refractivity contribution is 5.99. The Morgan fingerprint density at radius 1 is 1.33 bits per heavy atom. The van der Waals surface area contributed by atoms with E-state index in [1.54, 1.807) is 6.07 Å². The predicted molar refractivity (Wildman–Crippen MR) is 76.4 cm³/mol. The molecule has 0 saturated carbocycles. The van der Waals surface area contributed by atoms with Gasteiger partial charge in [-0.3, -0.25) is 9.89 Å². The van der Waals surface area contributed by atoms with Crippen molar-refractivity contribution in [1.29, 1.82) is 0 Å². The Kier molecular flexibility index (Phi) is 3.51. The fourth-order valence-electron chi connectivity index (χ4n) is 2.05. The molecule has 2 heterocycles. The molecule has 2 N–H and O–H groups in total. The van der Waals surface area contributed by atoms with E-state index in [1.807, 2.05) is 37.3 Å². The third-order valence-electron chi connectivity index (χ3n) is 3.05. The molecule has 21 heavy (non-hydrogen) atoms. The molecular formula is C15H14N4O2. The van der Waals surface area contributed by atoms with Crippen LogP contribution in [-0.2, 0) is 6.54 Å². The molecule has 6 heteroatoms. The lowest BCUT2D eigenvalue weighted by molar-refractivity contribution is 0.0948. The maximum atomic E-state index is 12.2. The van der Waals surface area contributed by atoms with Crippen molar-refractivity contribution < 1.29 is 9.32 Å². The van der Waals surface area contributed by atoms with Crippen LogP contribution in [0, 0.1) is 6.92 Å². The summed E-state index contributed by atoms with van der Waals surface area (Å²) in [5.74, 6) is 0.405. The van der Waals surface area contributed by atoms with E-state index in [4.69, 9.17) is 4.52 Å². The highest BCUT2D eigenvalue weighted by Gasteiger charge is 2.15. The molecule has 3 aromatic rings. The largest absolute Gasteiger partial charge is 0.359 e. The van der Waals surface area contributed by atoms with E-state index in [0.717, 1.165) is 11.3 Å². The van der Waals surface area contributed by atoms with Gasteiger partial charge in [-0.15, -0.1) is 0 Å². The molecule has 0 atom stereocenters. The Balaban J connectivity index is 1.75. The number of carbonyl (C=O) groups excluding carboxylic acids is 1. The van der Waals surface area contributed by atoms with Crippen LogP contribution in [0.2, 0.25) is 0 Å². The second-order valence-corrected chi connectivity index (χ2v) is 4.64. The smallest absolute Gasteiger partial charge is 0.255 e. The number of hydrogen-bond acceptors (Lipinski definition) is 4. The number of carbonyl (C=O) groups is 1. The van der Waals surface area contributed by atoms with Crippen LogP contribution in [0.5, 0.6) is 0 Å². The maximum absolute atomic E-state index is 12.2. The van der Waals surface area contributed by atoms with Crippen LogP contribution >= 0.6 is 0 Å². The van der Waals surface area contributed by atoms with Gasteiger partial charge in [-0.05, 0) is 6.92 Å². The number of rotatable bonds is 4. The monoisotopic (exact) mass is 282 g/mol. The van der Waals surface area contributed by atoms with Gasteiger partial charge in [-0.1, -0.05) is 35.5 Å². The van der Waals surface area contributed by atoms with Crippen molar-refractivity contribution in [2.45, 2.75) is 13.5 Å². The molecular weight excluding hydrogens is 268 g/mol. The Hall–Kier alpha value is -2.89. The standard InChI is InChI=1S/C15H14N4O2/c1-10-7-12(21-19-10)8-16-15(20)13-9-17-18-14(13)11-5-3-2-4-6-11/h2-7,9H,8H2,1H3,(H,16,20)(H,17,18). The van der Waals surface area contributed by atoms with Crippen molar-refractivity contribution >= 4 is 5.91 Å². The molecule has 1 amide bonds. The maximum Gasteiger partial charge on any atom is 0.255 e. The number of H-pyrrole nitrogens is 1. The topological polar surface area (TPSA) is 83.8 Å². The van der Waals surface area contributed by atoms with Crippen LogP contribution in [-0.4, -0.2) is 21.3 Å². The van der Waals surface area contributed by atoms with Crippen molar-refractivity contribution in [1.82, 2.24) is 20.7 Å². The average Bonchev–Trinajstić information content (AvgIpc) is 3.14. The molecule has 3 rings (SSSR count). The summed E-state index contributed by atoms with van der Waals surface area (Å²) >= 11 is 0. The molecule has 0 bridgehead atoms. The van der Waals surface area contributed by atoms with Gasteiger partial charge in [0.25, 0.3) is 5.91 Å². The minimum absolute atomic E-state index is 0.211. The second-order valence-electron chi connectivity index (χ2n) is 4.64. The first-order chi connectivity index (χ1) is 10.2. The number of nitrogens with zero attached hydrogens (tertiary/aromatic N) is 2. The second kappa shape index (κ2) is 5.62. The van der Waals surface area contributed by atoms with Crippen LogP contribution in [0.25, 0.3) is 11.3 Å². The molecule has 0 fully saturated rings. The predicted octanol–water partition coefficient (Wildman–Crippen LogP) is 2.30. The Labute approximate surface area is 121 Å². The van der Waals surface area contributed by atoms with E-state index >= 15 is 0 Å². The van der Waals surface area contributed by atoms with Gasteiger partial charge < -0.3 is 9.84 Å². The zero-order valence-electron chi connectivity index (χ0n) is 11.5. The first-order valence-electron chi connectivity index (χ1n) is 6.53. The van der Waals surface area contributed by atoms with Crippen molar-refractivity contribution in [3.63, 3.8) is 0 Å². The summed E-state index contributed by atoms with van der Waals surface area (Å²) in [6, 6.07) is 11.4. The van der Waals surface area contributed by atoms with Crippen LogP contribution in [0.1, 0.15) is 21.8 Å². The number of amides is 1. The van der Waals surface area contributed by atoms with E-state index in [-0.39, 0.29) is 5.91 Å². The molecule has 0 aliphatic heterocycles. The van der Waals surface area contributed by atoms with Gasteiger partial charge >= 0.3 is 0 Å². The number of benzene rings is 1. The first kappa shape index (κ1) is 13.1. The van der Waals surface area contributed by atoms with Gasteiger partial charge in [0.15, 0.2) is 5.76 Å². The van der Waals surface area contributed by atoms with E-state index in [0.29, 0.717) is 23.6 Å². The summed E-state index contributed by atoms with van der Waals surface area (Å²) < 4.78 is 5.06. The van der Waals surface area contributed by atoms with E-state index in [9.17, 15) is 4.79 Å². The number of aryl methyl sites for hydroxylation is 1. The highest BCUT2D eigenvalue weighted by atomic mass is 16.5. The quantitative estimate of drug-likeness (QED) is 0.769. The van der Waals surface area contributed by atoms with Crippen LogP contribution in [0.3, 0.4) is 0 Å². The summed E-state index contributed by atoms with van der Waals surface area (Å²) in [5, 5.41) is 13.4. The number of aromatic nitrogens is 3. The Bertz CT molecular complexity index is 746. The molecule has 0 spiro atoms. The molecule has 0 aliphatic carbocycles. The molecule has 0 saturated heterocycles. The third-order valence-corrected chi connectivity index (χ3v) is 3.05. The minimum Gasteiger partial charge on any atom is -0.359 e. The fourth-order valence-corrected chi connectivity index (χ4v) is 2.05. The first-order valence-corrected chi connectivity index (χ1v) is 6.53. The van der Waals surface area contributed by atoms with Crippen molar-refractivity contribution in [3.05, 3.63) is 59.6 Å². The van der Waals surface area contributed by atoms with Gasteiger partial charge in [0.1, 0.15) is 0 Å². The molecule has 2 aromatic heterocycles.